The lowest BCUT2D eigenvalue weighted by molar-refractivity contribution is -0.137. The summed E-state index contributed by atoms with van der Waals surface area (Å²) in [4.78, 5) is 41.2. The molecule has 1 N–H and O–H groups in total. The Labute approximate surface area is 207 Å². The minimum Gasteiger partial charge on any atom is -0.379 e. The topological polar surface area (TPSA) is 98.5 Å². The van der Waals surface area contributed by atoms with E-state index in [1.165, 1.54) is 18.2 Å². The molecule has 0 saturated carbocycles. The molecule has 2 aromatic carbocycles. The van der Waals surface area contributed by atoms with Crippen LogP contribution in [0, 0.1) is 5.82 Å². The molecule has 13 heteroatoms. The van der Waals surface area contributed by atoms with Crippen LogP contribution in [0.5, 0.6) is 0 Å². The summed E-state index contributed by atoms with van der Waals surface area (Å²) in [7, 11) is 0. The van der Waals surface area contributed by atoms with Gasteiger partial charge in [-0.1, -0.05) is 12.1 Å². The molecule has 1 amide bonds. The van der Waals surface area contributed by atoms with E-state index in [9.17, 15) is 31.9 Å². The molecule has 1 aliphatic rings. The highest BCUT2D eigenvalue weighted by Crippen LogP contribution is 2.29. The second-order valence-electron chi connectivity index (χ2n) is 8.32. The van der Waals surface area contributed by atoms with Gasteiger partial charge in [-0.05, 0) is 42.0 Å². The van der Waals surface area contributed by atoms with Gasteiger partial charge in [0.05, 0.1) is 31.0 Å². The summed E-state index contributed by atoms with van der Waals surface area (Å²) in [5, 5.41) is 6.48. The molecule has 9 nitrogen and oxygen atoms in total. The number of amides is 1. The van der Waals surface area contributed by atoms with Crippen molar-refractivity contribution in [3.05, 3.63) is 92.0 Å². The van der Waals surface area contributed by atoms with Crippen molar-refractivity contribution in [3.8, 4) is 5.69 Å². The van der Waals surface area contributed by atoms with E-state index in [-0.39, 0.29) is 24.3 Å². The molecule has 0 spiro atoms. The summed E-state index contributed by atoms with van der Waals surface area (Å²) < 4.78 is 59.3. The number of ether oxygens (including phenoxy) is 1. The van der Waals surface area contributed by atoms with E-state index in [1.54, 1.807) is 0 Å². The molecule has 3 aromatic rings. The number of aromatic nitrogens is 3. The van der Waals surface area contributed by atoms with Gasteiger partial charge in [-0.25, -0.2) is 9.18 Å². The van der Waals surface area contributed by atoms with Gasteiger partial charge >= 0.3 is 11.9 Å². The highest BCUT2D eigenvalue weighted by molar-refractivity contribution is 5.91. The largest absolute Gasteiger partial charge is 0.416 e. The Balaban J connectivity index is 1.69. The quantitative estimate of drug-likeness (QED) is 0.475. The zero-order valence-corrected chi connectivity index (χ0v) is 19.5. The van der Waals surface area contributed by atoms with Crippen molar-refractivity contribution in [3.63, 3.8) is 0 Å². The third-order valence-corrected chi connectivity index (χ3v) is 5.76. The van der Waals surface area contributed by atoms with E-state index in [0.29, 0.717) is 42.1 Å². The van der Waals surface area contributed by atoms with Gasteiger partial charge in [0.1, 0.15) is 5.82 Å². The van der Waals surface area contributed by atoms with Crippen LogP contribution in [-0.2, 0) is 17.5 Å². The van der Waals surface area contributed by atoms with Gasteiger partial charge in [0, 0.05) is 26.2 Å². The first kappa shape index (κ1) is 26.2. The van der Waals surface area contributed by atoms with E-state index in [0.717, 1.165) is 30.3 Å². The maximum Gasteiger partial charge on any atom is 0.416 e. The molecule has 0 aliphatic carbocycles. The van der Waals surface area contributed by atoms with Gasteiger partial charge in [0.15, 0.2) is 0 Å². The summed E-state index contributed by atoms with van der Waals surface area (Å²) in [6, 6.07) is 8.72. The standard InChI is InChI=1S/C24H23F4N5O4/c25-18-3-1-2-16(14-18)15-32-22(35)20(21(34)29-8-9-31-10-12-37-13-11-31)30-33(23(32)36)19-6-4-17(5-7-19)24(26,27)28/h1-7,14H,8-13,15H2,(H,29,34). The van der Waals surface area contributed by atoms with Crippen molar-refractivity contribution < 1.29 is 27.1 Å². The number of halogens is 4. The predicted octanol–water partition coefficient (Wildman–Crippen LogP) is 1.66. The molecule has 1 fully saturated rings. The first-order valence-electron chi connectivity index (χ1n) is 11.4. The van der Waals surface area contributed by atoms with Crippen molar-refractivity contribution in [2.24, 2.45) is 0 Å². The van der Waals surface area contributed by atoms with Crippen molar-refractivity contribution in [2.45, 2.75) is 12.7 Å². The number of carbonyl (C=O) groups is 1. The zero-order chi connectivity index (χ0) is 26.6. The summed E-state index contributed by atoms with van der Waals surface area (Å²) in [6.07, 6.45) is -4.60. The number of nitrogens with one attached hydrogen (secondary N) is 1. The van der Waals surface area contributed by atoms with Crippen LogP contribution >= 0.6 is 0 Å². The van der Waals surface area contributed by atoms with E-state index in [1.807, 2.05) is 0 Å². The fourth-order valence-corrected chi connectivity index (χ4v) is 3.81. The number of carbonyl (C=O) groups excluding carboxylic acids is 1. The number of morpholine rings is 1. The molecule has 0 radical (unpaired) electrons. The highest BCUT2D eigenvalue weighted by atomic mass is 19.4. The first-order chi connectivity index (χ1) is 17.6. The van der Waals surface area contributed by atoms with Gasteiger partial charge in [-0.3, -0.25) is 19.1 Å². The Bertz CT molecular complexity index is 1380. The van der Waals surface area contributed by atoms with Crippen LogP contribution in [0.1, 0.15) is 21.6 Å². The molecule has 1 saturated heterocycles. The summed E-state index contributed by atoms with van der Waals surface area (Å²) in [5.74, 6) is -1.45. The van der Waals surface area contributed by atoms with E-state index in [2.05, 4.69) is 15.3 Å². The SMILES string of the molecule is O=C(NCCN1CCOCC1)c1nn(-c2ccc(C(F)(F)F)cc2)c(=O)n(Cc2cccc(F)c2)c1=O. The summed E-state index contributed by atoms with van der Waals surface area (Å²) in [5.41, 5.74) is -3.41. The lowest BCUT2D eigenvalue weighted by atomic mass is 10.2. The summed E-state index contributed by atoms with van der Waals surface area (Å²) in [6.45, 7) is 2.80. The van der Waals surface area contributed by atoms with Crippen LogP contribution in [0.2, 0.25) is 0 Å². The molecule has 196 valence electrons. The van der Waals surface area contributed by atoms with Crippen molar-refractivity contribution in [1.29, 1.82) is 0 Å². The van der Waals surface area contributed by atoms with E-state index >= 15 is 0 Å². The number of rotatable bonds is 7. The minimum absolute atomic E-state index is 0.0895. The monoisotopic (exact) mass is 521 g/mol. The second-order valence-corrected chi connectivity index (χ2v) is 8.32. The molecule has 1 aliphatic heterocycles. The molecular formula is C24H23F4N5O4. The average Bonchev–Trinajstić information content (AvgIpc) is 2.87. The van der Waals surface area contributed by atoms with Gasteiger partial charge in [-0.2, -0.15) is 23.0 Å². The molecule has 0 bridgehead atoms. The predicted molar refractivity (Wildman–Crippen MR) is 124 cm³/mol. The number of hydrogen-bond acceptors (Lipinski definition) is 6. The zero-order valence-electron chi connectivity index (χ0n) is 19.5. The van der Waals surface area contributed by atoms with Gasteiger partial charge in [-0.15, -0.1) is 0 Å². The molecule has 37 heavy (non-hydrogen) atoms. The van der Waals surface area contributed by atoms with Gasteiger partial charge < -0.3 is 10.1 Å². The Hall–Kier alpha value is -3.84. The van der Waals surface area contributed by atoms with Crippen molar-refractivity contribution >= 4 is 5.91 Å². The number of alkyl halides is 3. The van der Waals surface area contributed by atoms with Crippen molar-refractivity contribution in [2.75, 3.05) is 39.4 Å². The Kier molecular flexibility index (Phi) is 7.83. The lowest BCUT2D eigenvalue weighted by Crippen LogP contribution is -2.47. The van der Waals surface area contributed by atoms with Crippen LogP contribution in [0.3, 0.4) is 0 Å². The van der Waals surface area contributed by atoms with Crippen molar-refractivity contribution in [1.82, 2.24) is 24.6 Å². The van der Waals surface area contributed by atoms with E-state index in [4.69, 9.17) is 4.74 Å². The maximum atomic E-state index is 13.7. The lowest BCUT2D eigenvalue weighted by Gasteiger charge is -2.26. The Morgan fingerprint density at radius 1 is 1.05 bits per heavy atom. The van der Waals surface area contributed by atoms with E-state index < -0.39 is 40.4 Å². The van der Waals surface area contributed by atoms with Crippen LogP contribution in [0.15, 0.2) is 58.1 Å². The maximum absolute atomic E-state index is 13.7. The molecule has 0 atom stereocenters. The first-order valence-corrected chi connectivity index (χ1v) is 11.4. The molecule has 4 rings (SSSR count). The van der Waals surface area contributed by atoms with Crippen LogP contribution in [0.25, 0.3) is 5.69 Å². The Morgan fingerprint density at radius 3 is 2.41 bits per heavy atom. The fraction of sp³-hybridized carbons (Fsp3) is 0.333. The van der Waals surface area contributed by atoms with Crippen LogP contribution in [0.4, 0.5) is 17.6 Å². The fourth-order valence-electron chi connectivity index (χ4n) is 3.81. The number of hydrogen-bond donors (Lipinski definition) is 1. The average molecular weight is 521 g/mol. The van der Waals surface area contributed by atoms with Gasteiger partial charge in [0.25, 0.3) is 11.5 Å². The minimum atomic E-state index is -4.60. The molecule has 0 unspecified atom stereocenters. The normalized spacial score (nSPS) is 14.5. The van der Waals surface area contributed by atoms with Crippen LogP contribution < -0.4 is 16.6 Å². The number of nitrogens with zero attached hydrogens (tertiary/aromatic N) is 4. The highest BCUT2D eigenvalue weighted by Gasteiger charge is 2.30. The second kappa shape index (κ2) is 11.0. The van der Waals surface area contributed by atoms with Crippen LogP contribution in [-0.4, -0.2) is 64.5 Å². The summed E-state index contributed by atoms with van der Waals surface area (Å²) >= 11 is 0. The van der Waals surface area contributed by atoms with Gasteiger partial charge in [0.2, 0.25) is 5.69 Å². The molecular weight excluding hydrogens is 498 g/mol. The number of benzene rings is 2. The third kappa shape index (κ3) is 6.30. The molecule has 2 heterocycles. The Morgan fingerprint density at radius 2 is 1.76 bits per heavy atom. The smallest absolute Gasteiger partial charge is 0.379 e. The third-order valence-electron chi connectivity index (χ3n) is 5.76. The molecule has 1 aromatic heterocycles.